The van der Waals surface area contributed by atoms with E-state index in [4.69, 9.17) is 0 Å². The van der Waals surface area contributed by atoms with Gasteiger partial charge in [0.15, 0.2) is 0 Å². The Morgan fingerprint density at radius 1 is 1.20 bits per heavy atom. The third-order valence-electron chi connectivity index (χ3n) is 1.69. The average Bonchev–Trinajstić information content (AvgIpc) is 2.59. The molecule has 1 nitrogen and oxygen atoms in total. The lowest BCUT2D eigenvalue weighted by molar-refractivity contribution is 0.670. The Morgan fingerprint density at radius 3 is 2.60 bits per heavy atom. The summed E-state index contributed by atoms with van der Waals surface area (Å²) in [5.41, 5.74) is 0. The summed E-state index contributed by atoms with van der Waals surface area (Å²) in [6, 6.07) is 0. The zero-order valence-electron chi connectivity index (χ0n) is 5.77. The predicted molar refractivity (Wildman–Crippen MR) is 47.7 cm³/mol. The fourth-order valence-electron chi connectivity index (χ4n) is 1.17. The lowest BCUT2D eigenvalue weighted by atomic mass is 10.5. The van der Waals surface area contributed by atoms with Crippen molar-refractivity contribution < 1.29 is 0 Å². The Hall–Kier alpha value is -0.630. The van der Waals surface area contributed by atoms with E-state index in [0.29, 0.717) is 0 Å². The second-order valence-electron chi connectivity index (χ2n) is 2.40. The van der Waals surface area contributed by atoms with Crippen molar-refractivity contribution >= 4 is 11.1 Å². The summed E-state index contributed by atoms with van der Waals surface area (Å²) in [5, 5.41) is 4.57. The van der Waals surface area contributed by atoms with Crippen molar-refractivity contribution in [2.45, 2.75) is 6.42 Å². The molecule has 0 aromatic rings. The predicted octanol–water partition coefficient (Wildman–Crippen LogP) is 2.16. The number of hydrogen-bond donors (Lipinski definition) is 1. The van der Waals surface area contributed by atoms with Gasteiger partial charge >= 0.3 is 0 Å². The summed E-state index contributed by atoms with van der Waals surface area (Å²) in [7, 11) is 0. The van der Waals surface area contributed by atoms with Crippen molar-refractivity contribution in [3.05, 3.63) is 35.2 Å². The number of nitrogens with zero attached hydrogens (tertiary/aromatic N) is 1. The van der Waals surface area contributed by atoms with Gasteiger partial charge in [0.05, 0.1) is 0 Å². The van der Waals surface area contributed by atoms with E-state index in [1.54, 1.807) is 0 Å². The zero-order chi connectivity index (χ0) is 6.81. The molecule has 2 rings (SSSR count). The summed E-state index contributed by atoms with van der Waals surface area (Å²) in [4.78, 5) is 0. The van der Waals surface area contributed by atoms with Gasteiger partial charge in [0.2, 0.25) is 0 Å². The molecule has 0 aromatic heterocycles. The Labute approximate surface area is 64.2 Å². The van der Waals surface area contributed by atoms with Gasteiger partial charge in [-0.15, -0.1) is 11.1 Å². The second kappa shape index (κ2) is 2.54. The largest absolute Gasteiger partial charge is 0.337 e. The van der Waals surface area contributed by atoms with Gasteiger partial charge in [-0.3, -0.25) is 0 Å². The molecule has 0 radical (unpaired) electrons. The van der Waals surface area contributed by atoms with Crippen LogP contribution in [0.3, 0.4) is 0 Å². The standard InChI is InChI=1S/C8H11NS/c1-2-6-9(5-1)10-7-3-4-8-10/h1,3-5,7-8,10H,2,6H2. The molecule has 0 saturated carbocycles. The van der Waals surface area contributed by atoms with Crippen molar-refractivity contribution in [3.63, 3.8) is 0 Å². The SMILES string of the molecule is C1=C[SH](N2C=CCC2)C=C1. The fraction of sp³-hybridized carbons (Fsp3) is 0.250. The topological polar surface area (TPSA) is 3.24 Å². The minimum Gasteiger partial charge on any atom is -0.337 e. The van der Waals surface area contributed by atoms with Gasteiger partial charge in [-0.25, -0.2) is 0 Å². The van der Waals surface area contributed by atoms with Gasteiger partial charge in [0.25, 0.3) is 0 Å². The summed E-state index contributed by atoms with van der Waals surface area (Å²) in [5.74, 6) is 0. The molecule has 0 fully saturated rings. The molecule has 0 aliphatic carbocycles. The van der Waals surface area contributed by atoms with Crippen LogP contribution in [0.5, 0.6) is 0 Å². The van der Waals surface area contributed by atoms with E-state index in [0.717, 1.165) is 0 Å². The molecule has 2 heteroatoms. The third-order valence-corrected chi connectivity index (χ3v) is 3.57. The molecule has 0 aromatic carbocycles. The van der Waals surface area contributed by atoms with Crippen molar-refractivity contribution in [1.29, 1.82) is 0 Å². The fourth-order valence-corrected chi connectivity index (χ4v) is 2.75. The summed E-state index contributed by atoms with van der Waals surface area (Å²) in [6.45, 7) is 1.21. The zero-order valence-corrected chi connectivity index (χ0v) is 6.67. The molecule has 0 saturated heterocycles. The molecular formula is C8H11NS. The first kappa shape index (κ1) is 6.10. The Balaban J connectivity index is 2.05. The highest BCUT2D eigenvalue weighted by molar-refractivity contribution is 8.20. The van der Waals surface area contributed by atoms with Crippen LogP contribution in [-0.4, -0.2) is 10.8 Å². The highest BCUT2D eigenvalue weighted by atomic mass is 32.2. The van der Waals surface area contributed by atoms with Crippen molar-refractivity contribution in [3.8, 4) is 0 Å². The first-order chi connectivity index (χ1) is 4.97. The van der Waals surface area contributed by atoms with Gasteiger partial charge < -0.3 is 4.31 Å². The van der Waals surface area contributed by atoms with Crippen LogP contribution in [0, 0.1) is 0 Å². The highest BCUT2D eigenvalue weighted by Gasteiger charge is 2.09. The summed E-state index contributed by atoms with van der Waals surface area (Å²) < 4.78 is 2.41. The molecule has 0 spiro atoms. The Kier molecular flexibility index (Phi) is 1.55. The normalized spacial score (nSPS) is 25.2. The van der Waals surface area contributed by atoms with Gasteiger partial charge in [0, 0.05) is 12.7 Å². The van der Waals surface area contributed by atoms with Crippen LogP contribution < -0.4 is 0 Å². The molecule has 2 aliphatic heterocycles. The molecule has 2 heterocycles. The monoisotopic (exact) mass is 153 g/mol. The first-order valence-electron chi connectivity index (χ1n) is 3.53. The van der Waals surface area contributed by atoms with Crippen molar-refractivity contribution in [2.24, 2.45) is 0 Å². The lowest BCUT2D eigenvalue weighted by Gasteiger charge is -2.23. The quantitative estimate of drug-likeness (QED) is 0.565. The second-order valence-corrected chi connectivity index (χ2v) is 4.27. The number of thiol groups is 1. The third kappa shape index (κ3) is 0.991. The van der Waals surface area contributed by atoms with E-state index in [1.807, 2.05) is 0 Å². The van der Waals surface area contributed by atoms with Crippen molar-refractivity contribution in [1.82, 2.24) is 4.31 Å². The maximum absolute atomic E-state index is 2.41. The van der Waals surface area contributed by atoms with Crippen LogP contribution in [0.2, 0.25) is 0 Å². The number of allylic oxidation sites excluding steroid dienone is 2. The summed E-state index contributed by atoms with van der Waals surface area (Å²) >= 11 is -0.0608. The minimum absolute atomic E-state index is 0.0608. The molecule has 0 bridgehead atoms. The molecule has 54 valence electrons. The molecule has 0 atom stereocenters. The minimum atomic E-state index is -0.0608. The molecular weight excluding hydrogens is 142 g/mol. The molecule has 0 N–H and O–H groups in total. The van der Waals surface area contributed by atoms with Gasteiger partial charge in [-0.05, 0) is 17.2 Å². The van der Waals surface area contributed by atoms with E-state index in [2.05, 4.69) is 39.5 Å². The van der Waals surface area contributed by atoms with E-state index in [-0.39, 0.29) is 11.1 Å². The number of hydrogen-bond acceptors (Lipinski definition) is 1. The lowest BCUT2D eigenvalue weighted by Crippen LogP contribution is -2.06. The maximum Gasteiger partial charge on any atom is 0.0312 e. The molecule has 10 heavy (non-hydrogen) atoms. The van der Waals surface area contributed by atoms with Gasteiger partial charge in [-0.1, -0.05) is 18.2 Å². The van der Waals surface area contributed by atoms with Crippen LogP contribution in [0.15, 0.2) is 35.2 Å². The maximum atomic E-state index is 2.41. The van der Waals surface area contributed by atoms with E-state index < -0.39 is 0 Å². The van der Waals surface area contributed by atoms with Crippen LogP contribution >= 0.6 is 11.1 Å². The van der Waals surface area contributed by atoms with E-state index in [9.17, 15) is 0 Å². The highest BCUT2D eigenvalue weighted by Crippen LogP contribution is 2.38. The van der Waals surface area contributed by atoms with E-state index in [1.165, 1.54) is 13.0 Å². The smallest absolute Gasteiger partial charge is 0.0312 e. The summed E-state index contributed by atoms with van der Waals surface area (Å²) in [6.07, 6.45) is 9.95. The van der Waals surface area contributed by atoms with Gasteiger partial charge in [-0.2, -0.15) is 0 Å². The van der Waals surface area contributed by atoms with Crippen LogP contribution in [0.1, 0.15) is 6.42 Å². The van der Waals surface area contributed by atoms with Crippen LogP contribution in [0.25, 0.3) is 0 Å². The Bertz CT molecular complexity index is 193. The van der Waals surface area contributed by atoms with Crippen LogP contribution in [0.4, 0.5) is 0 Å². The average molecular weight is 153 g/mol. The van der Waals surface area contributed by atoms with Gasteiger partial charge in [0.1, 0.15) is 0 Å². The molecule has 2 aliphatic rings. The Morgan fingerprint density at radius 2 is 2.00 bits per heavy atom. The molecule has 0 unspecified atom stereocenters. The van der Waals surface area contributed by atoms with E-state index >= 15 is 0 Å². The van der Waals surface area contributed by atoms with Crippen molar-refractivity contribution in [2.75, 3.05) is 6.54 Å². The first-order valence-corrected chi connectivity index (χ1v) is 4.97. The molecule has 0 amide bonds. The van der Waals surface area contributed by atoms with Crippen LogP contribution in [-0.2, 0) is 0 Å². The number of rotatable bonds is 1.